The molecular weight excluding hydrogens is 274 g/mol. The van der Waals surface area contributed by atoms with Crippen LogP contribution in [0.5, 0.6) is 0 Å². The third kappa shape index (κ3) is 8.38. The minimum atomic E-state index is -0.410. The Morgan fingerprint density at radius 1 is 0.682 bits per heavy atom. The number of hydrogen-bond donors (Lipinski definition) is 0. The van der Waals surface area contributed by atoms with Gasteiger partial charge < -0.3 is 4.74 Å². The number of ether oxygens (including phenoxy) is 1. The Balaban J connectivity index is 3.23. The van der Waals surface area contributed by atoms with Crippen molar-refractivity contribution in [3.8, 4) is 0 Å². The zero-order valence-electron chi connectivity index (χ0n) is 12.7. The van der Waals surface area contributed by atoms with Gasteiger partial charge in [0.25, 0.3) is 0 Å². The SMILES string of the molecule is CCOC(=O)n1cccccccccccccccc1. The lowest BCUT2D eigenvalue weighted by atomic mass is 10.4. The molecule has 1 rings (SSSR count). The van der Waals surface area contributed by atoms with Crippen LogP contribution in [0.1, 0.15) is 6.92 Å². The molecule has 0 atom stereocenters. The molecule has 0 fully saturated rings. The van der Waals surface area contributed by atoms with Gasteiger partial charge in [0.05, 0.1) is 6.61 Å². The highest BCUT2D eigenvalue weighted by Crippen LogP contribution is 1.89. The first kappa shape index (κ1) is 17.2. The van der Waals surface area contributed by atoms with Crippen molar-refractivity contribution in [3.05, 3.63) is 97.3 Å². The Kier molecular flexibility index (Phi) is 9.38. The fourth-order valence-electron chi connectivity index (χ4n) is 1.42. The molecule has 0 amide bonds. The van der Waals surface area contributed by atoms with Crippen LogP contribution in [-0.4, -0.2) is 17.3 Å². The van der Waals surface area contributed by atoms with Gasteiger partial charge >= 0.3 is 6.09 Å². The summed E-state index contributed by atoms with van der Waals surface area (Å²) < 4.78 is 6.39. The summed E-state index contributed by atoms with van der Waals surface area (Å²) in [5.41, 5.74) is 0. The second-order valence-electron chi connectivity index (χ2n) is 4.10. The van der Waals surface area contributed by atoms with Gasteiger partial charge in [-0.05, 0) is 19.1 Å². The standard InChI is InChI=1S/C19H21NO2/c1-2-22-19(21)20-17-15-13-11-9-7-5-3-4-6-8-10-12-14-16-18-20/h3-18H,2H2,1H3. The average molecular weight is 295 g/mol. The van der Waals surface area contributed by atoms with Crippen molar-refractivity contribution in [1.82, 2.24) is 4.57 Å². The van der Waals surface area contributed by atoms with E-state index in [4.69, 9.17) is 4.74 Å². The molecule has 0 unspecified atom stereocenters. The van der Waals surface area contributed by atoms with Crippen LogP contribution in [0.2, 0.25) is 0 Å². The Morgan fingerprint density at radius 2 is 1.00 bits per heavy atom. The maximum Gasteiger partial charge on any atom is 0.417 e. The van der Waals surface area contributed by atoms with Gasteiger partial charge in [0.15, 0.2) is 0 Å². The summed E-state index contributed by atoms with van der Waals surface area (Å²) >= 11 is 0. The summed E-state index contributed by atoms with van der Waals surface area (Å²) in [6, 6.07) is 26.5. The third-order valence-electron chi connectivity index (χ3n) is 2.42. The Labute approximate surface area is 131 Å². The van der Waals surface area contributed by atoms with E-state index < -0.39 is 6.09 Å². The maximum atomic E-state index is 11.8. The van der Waals surface area contributed by atoms with E-state index in [2.05, 4.69) is 0 Å². The molecule has 114 valence electrons. The predicted octanol–water partition coefficient (Wildman–Crippen LogP) is 4.87. The zero-order valence-corrected chi connectivity index (χ0v) is 12.7. The van der Waals surface area contributed by atoms with Gasteiger partial charge in [-0.3, -0.25) is 4.57 Å². The molecule has 0 N–H and O–H groups in total. The molecule has 0 radical (unpaired) electrons. The molecular formula is C19H21NO2. The normalized spacial score (nSPS) is 8.59. The molecule has 0 aliphatic rings. The second kappa shape index (κ2) is 12.0. The quantitative estimate of drug-likeness (QED) is 0.740. The first-order valence-electron chi connectivity index (χ1n) is 7.14. The van der Waals surface area contributed by atoms with Crippen LogP contribution in [0, 0.1) is 0 Å². The Morgan fingerprint density at radius 3 is 1.32 bits per heavy atom. The predicted molar refractivity (Wildman–Crippen MR) is 89.7 cm³/mol. The minimum absolute atomic E-state index is 0.340. The fourth-order valence-corrected chi connectivity index (χ4v) is 1.42. The number of nitrogens with zero attached hydrogens (tertiary/aromatic N) is 1. The van der Waals surface area contributed by atoms with Gasteiger partial charge in [0.1, 0.15) is 0 Å². The second-order valence-corrected chi connectivity index (χ2v) is 4.10. The lowest BCUT2D eigenvalue weighted by Gasteiger charge is -2.01. The van der Waals surface area contributed by atoms with Gasteiger partial charge in [-0.2, -0.15) is 0 Å². The molecule has 1 aromatic heterocycles. The van der Waals surface area contributed by atoms with E-state index in [1.165, 1.54) is 4.57 Å². The van der Waals surface area contributed by atoms with E-state index in [1.54, 1.807) is 31.5 Å². The number of rotatable bonds is 1. The van der Waals surface area contributed by atoms with Gasteiger partial charge in [0, 0.05) is 12.4 Å². The van der Waals surface area contributed by atoms with Crippen molar-refractivity contribution in [2.24, 2.45) is 0 Å². The van der Waals surface area contributed by atoms with Crippen LogP contribution in [-0.2, 0) is 4.74 Å². The monoisotopic (exact) mass is 295 g/mol. The molecule has 0 bridgehead atoms. The molecule has 0 aliphatic heterocycles. The van der Waals surface area contributed by atoms with E-state index >= 15 is 0 Å². The number of carbonyl (C=O) groups excluding carboxylic acids is 1. The summed E-state index contributed by atoms with van der Waals surface area (Å²) in [6.45, 7) is 2.12. The van der Waals surface area contributed by atoms with Crippen LogP contribution < -0.4 is 0 Å². The van der Waals surface area contributed by atoms with Crippen molar-refractivity contribution in [1.29, 1.82) is 0 Å². The number of carbonyl (C=O) groups is 1. The first-order valence-corrected chi connectivity index (χ1v) is 7.14. The first-order chi connectivity index (χ1) is 10.8. The molecule has 22 heavy (non-hydrogen) atoms. The summed E-state index contributed by atoms with van der Waals surface area (Å²) in [4.78, 5) is 11.8. The number of aromatic nitrogens is 1. The van der Waals surface area contributed by atoms with Crippen molar-refractivity contribution in [2.45, 2.75) is 6.92 Å². The zero-order chi connectivity index (χ0) is 15.9. The highest BCUT2D eigenvalue weighted by atomic mass is 16.5. The van der Waals surface area contributed by atoms with Gasteiger partial charge in [0.2, 0.25) is 0 Å². The molecule has 3 nitrogen and oxygen atoms in total. The summed E-state index contributed by atoms with van der Waals surface area (Å²) in [5, 5.41) is 0. The molecule has 1 aromatic rings. The smallest absolute Gasteiger partial charge is 0.417 e. The highest BCUT2D eigenvalue weighted by molar-refractivity contribution is 5.69. The molecule has 0 aromatic carbocycles. The van der Waals surface area contributed by atoms with Crippen LogP contribution in [0.3, 0.4) is 0 Å². The fraction of sp³-hybridized carbons (Fsp3) is 0.105. The van der Waals surface area contributed by atoms with Gasteiger partial charge in [-0.15, -0.1) is 0 Å². The summed E-state index contributed by atoms with van der Waals surface area (Å²) in [6.07, 6.45) is 2.89. The van der Waals surface area contributed by atoms with Crippen molar-refractivity contribution < 1.29 is 9.53 Å². The maximum absolute atomic E-state index is 11.8. The van der Waals surface area contributed by atoms with E-state index in [0.29, 0.717) is 6.61 Å². The Bertz CT molecular complexity index is 574. The molecule has 1 heterocycles. The molecule has 0 spiro atoms. The van der Waals surface area contributed by atoms with E-state index in [0.717, 1.165) is 0 Å². The average Bonchev–Trinajstić information content (AvgIpc) is 2.52. The molecule has 3 heteroatoms. The summed E-state index contributed by atoms with van der Waals surface area (Å²) in [5.74, 6) is 0. The minimum Gasteiger partial charge on any atom is -0.449 e. The lowest BCUT2D eigenvalue weighted by molar-refractivity contribution is 0.154. The van der Waals surface area contributed by atoms with Crippen LogP contribution in [0.25, 0.3) is 0 Å². The Hall–Kier alpha value is -2.81. The highest BCUT2D eigenvalue weighted by Gasteiger charge is 1.98. The molecule has 0 saturated heterocycles. The molecule has 0 aliphatic carbocycles. The van der Waals surface area contributed by atoms with Crippen LogP contribution in [0.4, 0.5) is 4.79 Å². The van der Waals surface area contributed by atoms with E-state index in [1.807, 2.05) is 72.8 Å². The van der Waals surface area contributed by atoms with Crippen molar-refractivity contribution in [2.75, 3.05) is 6.61 Å². The van der Waals surface area contributed by atoms with E-state index in [9.17, 15) is 4.79 Å². The largest absolute Gasteiger partial charge is 0.449 e. The van der Waals surface area contributed by atoms with E-state index in [-0.39, 0.29) is 0 Å². The lowest BCUT2D eigenvalue weighted by Crippen LogP contribution is -2.11. The van der Waals surface area contributed by atoms with Crippen molar-refractivity contribution in [3.63, 3.8) is 0 Å². The number of hydrogen-bond acceptors (Lipinski definition) is 2. The van der Waals surface area contributed by atoms with Gasteiger partial charge in [-0.1, -0.05) is 72.8 Å². The molecule has 0 saturated carbocycles. The van der Waals surface area contributed by atoms with Crippen molar-refractivity contribution >= 4 is 6.09 Å². The summed E-state index contributed by atoms with van der Waals surface area (Å²) in [7, 11) is 0. The van der Waals surface area contributed by atoms with Gasteiger partial charge in [-0.25, -0.2) is 4.79 Å². The third-order valence-corrected chi connectivity index (χ3v) is 2.42. The topological polar surface area (TPSA) is 31.2 Å². The van der Waals surface area contributed by atoms with Crippen LogP contribution >= 0.6 is 0 Å². The van der Waals surface area contributed by atoms with Crippen LogP contribution in [0.15, 0.2) is 97.3 Å².